The molecule has 4 aromatic carbocycles. The Labute approximate surface area is 415 Å². The second-order valence-electron chi connectivity index (χ2n) is 20.1. The van der Waals surface area contributed by atoms with Gasteiger partial charge in [-0.25, -0.2) is 8.78 Å². The van der Waals surface area contributed by atoms with Crippen LogP contribution in [0.1, 0.15) is 135 Å². The number of hydrogen-bond donors (Lipinski definition) is 4. The molecule has 404 valence electrons. The fourth-order valence-corrected chi connectivity index (χ4v) is 11.3. The molecule has 2 amide bonds. The Morgan fingerprint density at radius 3 is 1.03 bits per heavy atom. The Bertz CT molecular complexity index is 2410. The maximum absolute atomic E-state index is 13.6. The zero-order valence-corrected chi connectivity index (χ0v) is 39.9. The topological polar surface area (TPSA) is 117 Å². The molecule has 4 aliphatic rings. The van der Waals surface area contributed by atoms with E-state index >= 15 is 0 Å². The van der Waals surface area contributed by atoms with Crippen molar-refractivity contribution in [1.82, 2.24) is 10.6 Å². The fourth-order valence-electron chi connectivity index (χ4n) is 11.3. The number of nitrogens with one attached hydrogen (secondary N) is 2. The van der Waals surface area contributed by atoms with Crippen molar-refractivity contribution in [2.24, 2.45) is 11.8 Å². The van der Waals surface area contributed by atoms with E-state index in [0.717, 1.165) is 0 Å². The Balaban J connectivity index is 0.000000216. The minimum absolute atomic E-state index is 0.0675. The van der Waals surface area contributed by atoms with Crippen LogP contribution in [-0.2, 0) is 43.8 Å². The molecule has 2 saturated heterocycles. The highest BCUT2D eigenvalue weighted by molar-refractivity contribution is 5.84. The third kappa shape index (κ3) is 12.3. The summed E-state index contributed by atoms with van der Waals surface area (Å²) < 4.78 is 200. The summed E-state index contributed by atoms with van der Waals surface area (Å²) in [5, 5.41) is 25.7. The highest BCUT2D eigenvalue weighted by Crippen LogP contribution is 2.53. The van der Waals surface area contributed by atoms with Crippen LogP contribution in [0.25, 0.3) is 0 Å². The number of hydrogen-bond acceptors (Lipinski definition) is 6. The van der Waals surface area contributed by atoms with Gasteiger partial charge in [-0.3, -0.25) is 9.59 Å². The van der Waals surface area contributed by atoms with Crippen molar-refractivity contribution in [1.29, 1.82) is 0 Å². The van der Waals surface area contributed by atoms with Gasteiger partial charge in [0.1, 0.15) is 23.8 Å². The van der Waals surface area contributed by atoms with E-state index in [-0.39, 0.29) is 47.9 Å². The second kappa shape index (κ2) is 20.7. The molecule has 0 spiro atoms. The predicted molar refractivity (Wildman–Crippen MR) is 238 cm³/mol. The number of carbonyl (C=O) groups excluding carboxylic acids is 2. The third-order valence-corrected chi connectivity index (χ3v) is 14.9. The summed E-state index contributed by atoms with van der Waals surface area (Å²) in [6.45, 7) is 6.31. The van der Waals surface area contributed by atoms with Gasteiger partial charge in [0, 0.05) is 35.8 Å². The lowest BCUT2D eigenvalue weighted by Crippen LogP contribution is -2.47. The van der Waals surface area contributed by atoms with Gasteiger partial charge in [0.05, 0.1) is 46.7 Å². The lowest BCUT2D eigenvalue weighted by molar-refractivity contribution is -0.145. The van der Waals surface area contributed by atoms with Crippen LogP contribution in [0.2, 0.25) is 0 Å². The van der Waals surface area contributed by atoms with Crippen molar-refractivity contribution < 1.29 is 90.7 Å². The van der Waals surface area contributed by atoms with E-state index in [0.29, 0.717) is 61.1 Å². The highest BCUT2D eigenvalue weighted by atomic mass is 19.4. The van der Waals surface area contributed by atoms with E-state index in [9.17, 15) is 81.3 Å². The summed E-state index contributed by atoms with van der Waals surface area (Å²) in [6.07, 6.45) is -23.9. The molecule has 2 aliphatic heterocycles. The number of aliphatic hydroxyl groups is 2. The molecule has 2 aliphatic carbocycles. The zero-order valence-electron chi connectivity index (χ0n) is 39.9. The summed E-state index contributed by atoms with van der Waals surface area (Å²) in [6, 6.07) is 13.9. The molecule has 8 rings (SSSR count). The van der Waals surface area contributed by atoms with Crippen LogP contribution in [-0.4, -0.2) is 57.5 Å². The number of benzene rings is 4. The quantitative estimate of drug-likeness (QED) is 0.118. The molecular weight excluding hydrogens is 1010 g/mol. The molecular formula is C52H52F14N2O6. The zero-order chi connectivity index (χ0) is 54.7. The SMILES string of the molecule is C[C@@H](O[C@H]1CC[C@@H]([C@]2(C)C[C@@H](O)C(=O)N2)[C@@H]1c1ccc(F)cc1)c1cc(C(F)(F)F)cc(C(F)(F)F)c1.C[C@@H](O[C@H]1CC[C@@H]([C@]2(C)C[C@H](O)C(=O)N2)[C@@H]1c1ccc(F)cc1)c1cc(C(F)(F)F)cc(C(F)(F)F)c1. The molecule has 2 saturated carbocycles. The van der Waals surface area contributed by atoms with Gasteiger partial charge in [-0.1, -0.05) is 24.3 Å². The maximum Gasteiger partial charge on any atom is 0.416 e. The van der Waals surface area contributed by atoms with Crippen molar-refractivity contribution in [3.63, 3.8) is 0 Å². The predicted octanol–water partition coefficient (Wildman–Crippen LogP) is 12.3. The molecule has 12 atom stereocenters. The van der Waals surface area contributed by atoms with E-state index in [1.807, 2.05) is 0 Å². The lowest BCUT2D eigenvalue weighted by atomic mass is 9.74. The minimum Gasteiger partial charge on any atom is -0.383 e. The smallest absolute Gasteiger partial charge is 0.383 e. The van der Waals surface area contributed by atoms with Crippen molar-refractivity contribution >= 4 is 11.8 Å². The molecule has 0 radical (unpaired) electrons. The average Bonchev–Trinajstić information content (AvgIpc) is 4.06. The molecule has 2 heterocycles. The summed E-state index contributed by atoms with van der Waals surface area (Å²) in [5.41, 5.74) is -6.64. The van der Waals surface area contributed by atoms with Gasteiger partial charge in [0.2, 0.25) is 11.8 Å². The van der Waals surface area contributed by atoms with Gasteiger partial charge >= 0.3 is 24.7 Å². The molecule has 74 heavy (non-hydrogen) atoms. The standard InChI is InChI=1S/2C26H26F7NO3/c2*1-13(15-9-16(25(28,29)30)11-17(10-15)26(31,32)33)37-21-8-7-19(24(2)12-20(35)23(36)34-24)22(21)14-3-5-18(27)6-4-14/h2*3-6,9-11,13,19-22,35H,7-8,12H2,1-2H3,(H,34,36)/t13-,19-,20+,21+,22+,24+;13-,19-,20-,21+,22+,24+/m11/s1. The first-order valence-electron chi connectivity index (χ1n) is 23.6. The maximum atomic E-state index is 13.6. The number of carbonyl (C=O) groups is 2. The van der Waals surface area contributed by atoms with Crippen molar-refractivity contribution in [2.75, 3.05) is 0 Å². The Hall–Kier alpha value is -5.32. The monoisotopic (exact) mass is 1070 g/mol. The van der Waals surface area contributed by atoms with Gasteiger partial charge in [0.25, 0.3) is 0 Å². The van der Waals surface area contributed by atoms with Crippen LogP contribution in [0.4, 0.5) is 61.5 Å². The molecule has 0 bridgehead atoms. The second-order valence-corrected chi connectivity index (χ2v) is 20.1. The van der Waals surface area contributed by atoms with Crippen LogP contribution in [0, 0.1) is 23.5 Å². The Morgan fingerprint density at radius 1 is 0.500 bits per heavy atom. The Morgan fingerprint density at radius 2 is 0.784 bits per heavy atom. The van der Waals surface area contributed by atoms with E-state index in [2.05, 4.69) is 10.6 Å². The summed E-state index contributed by atoms with van der Waals surface area (Å²) in [4.78, 5) is 24.2. The first kappa shape index (κ1) is 56.4. The van der Waals surface area contributed by atoms with Gasteiger partial charge in [-0.2, -0.15) is 52.7 Å². The summed E-state index contributed by atoms with van der Waals surface area (Å²) in [5.74, 6) is -3.53. The number of rotatable bonds is 10. The number of halogens is 14. The van der Waals surface area contributed by atoms with Crippen LogP contribution in [0.3, 0.4) is 0 Å². The fraction of sp³-hybridized carbons (Fsp3) is 0.500. The van der Waals surface area contributed by atoms with Gasteiger partial charge < -0.3 is 30.3 Å². The van der Waals surface area contributed by atoms with E-state index in [4.69, 9.17) is 9.47 Å². The largest absolute Gasteiger partial charge is 0.416 e. The number of ether oxygens (including phenoxy) is 2. The molecule has 4 aromatic rings. The molecule has 4 N–H and O–H groups in total. The van der Waals surface area contributed by atoms with Crippen molar-refractivity contribution in [2.45, 2.75) is 150 Å². The van der Waals surface area contributed by atoms with Crippen molar-refractivity contribution in [3.05, 3.63) is 141 Å². The van der Waals surface area contributed by atoms with E-state index in [1.54, 1.807) is 38.1 Å². The average molecular weight is 1070 g/mol. The van der Waals surface area contributed by atoms with Crippen molar-refractivity contribution in [3.8, 4) is 0 Å². The highest BCUT2D eigenvalue weighted by Gasteiger charge is 2.55. The molecule has 8 nitrogen and oxygen atoms in total. The Kier molecular flexibility index (Phi) is 15.8. The van der Waals surface area contributed by atoms with Crippen LogP contribution < -0.4 is 10.6 Å². The van der Waals surface area contributed by atoms with E-state index < -0.39 is 130 Å². The molecule has 22 heteroatoms. The summed E-state index contributed by atoms with van der Waals surface area (Å²) in [7, 11) is 0. The lowest BCUT2D eigenvalue weighted by Gasteiger charge is -2.37. The number of aliphatic hydroxyl groups excluding tert-OH is 2. The van der Waals surface area contributed by atoms with E-state index in [1.165, 1.54) is 38.1 Å². The molecule has 0 aromatic heterocycles. The third-order valence-electron chi connectivity index (χ3n) is 14.9. The van der Waals surface area contributed by atoms with Gasteiger partial charge in [-0.15, -0.1) is 0 Å². The minimum atomic E-state index is -4.99. The van der Waals surface area contributed by atoms with Crippen LogP contribution in [0.15, 0.2) is 84.9 Å². The first-order valence-corrected chi connectivity index (χ1v) is 23.6. The van der Waals surface area contributed by atoms with Crippen LogP contribution >= 0.6 is 0 Å². The normalized spacial score (nSPS) is 29.4. The molecule has 4 fully saturated rings. The van der Waals surface area contributed by atoms with Crippen LogP contribution in [0.5, 0.6) is 0 Å². The van der Waals surface area contributed by atoms with Gasteiger partial charge in [0.15, 0.2) is 0 Å². The summed E-state index contributed by atoms with van der Waals surface area (Å²) >= 11 is 0. The number of amides is 2. The number of alkyl halides is 12. The first-order chi connectivity index (χ1) is 34.2. The van der Waals surface area contributed by atoms with Gasteiger partial charge in [-0.05, 0) is 148 Å². The molecule has 0 unspecified atom stereocenters.